The third-order valence-corrected chi connectivity index (χ3v) is 5.24. The Morgan fingerprint density at radius 1 is 1.50 bits per heavy atom. The average Bonchev–Trinajstić information content (AvgIpc) is 3.11. The summed E-state index contributed by atoms with van der Waals surface area (Å²) in [4.78, 5) is 29.2. The van der Waals surface area contributed by atoms with E-state index in [4.69, 9.17) is 4.74 Å². The Morgan fingerprint density at radius 3 is 3.18 bits per heavy atom. The number of ether oxygens (including phenoxy) is 1. The minimum atomic E-state index is -0.0756. The van der Waals surface area contributed by atoms with E-state index in [1.54, 1.807) is 23.4 Å². The zero-order valence-electron chi connectivity index (χ0n) is 12.8. The lowest BCUT2D eigenvalue weighted by atomic mass is 10.2. The highest BCUT2D eigenvalue weighted by atomic mass is 32.2. The van der Waals surface area contributed by atoms with E-state index in [1.807, 2.05) is 0 Å². The molecule has 1 atom stereocenters. The van der Waals surface area contributed by atoms with Crippen LogP contribution in [0.5, 0.6) is 0 Å². The highest BCUT2D eigenvalue weighted by molar-refractivity contribution is 7.99. The third-order valence-electron chi connectivity index (χ3n) is 4.14. The number of carbonyl (C=O) groups is 1. The van der Waals surface area contributed by atoms with Gasteiger partial charge in [-0.05, 0) is 25.7 Å². The summed E-state index contributed by atoms with van der Waals surface area (Å²) in [5.74, 6) is 0.735. The van der Waals surface area contributed by atoms with Crippen LogP contribution in [-0.2, 0) is 22.4 Å². The molecule has 1 N–H and O–H groups in total. The normalized spacial score (nSPS) is 19.0. The second-order valence-electron chi connectivity index (χ2n) is 5.71. The maximum Gasteiger partial charge on any atom is 0.257 e. The van der Waals surface area contributed by atoms with Gasteiger partial charge in [-0.1, -0.05) is 11.8 Å². The molecule has 1 aromatic heterocycles. The number of fused-ring (bicyclic) bond motifs is 2. The first kappa shape index (κ1) is 15.6. The minimum Gasteiger partial charge on any atom is -0.385 e. The molecule has 0 fully saturated rings. The third kappa shape index (κ3) is 3.05. The first-order valence-corrected chi connectivity index (χ1v) is 8.72. The molecule has 0 saturated carbocycles. The number of nitrogens with one attached hydrogen (secondary N) is 1. The van der Waals surface area contributed by atoms with E-state index in [0.717, 1.165) is 47.8 Å². The van der Waals surface area contributed by atoms with Crippen molar-refractivity contribution >= 4 is 17.7 Å². The Hall–Kier alpha value is -1.34. The van der Waals surface area contributed by atoms with Crippen molar-refractivity contribution in [3.63, 3.8) is 0 Å². The van der Waals surface area contributed by atoms with Gasteiger partial charge in [-0.3, -0.25) is 14.2 Å². The predicted octanol–water partition coefficient (Wildman–Crippen LogP) is 0.922. The van der Waals surface area contributed by atoms with Gasteiger partial charge in [0.1, 0.15) is 0 Å². The molecule has 0 radical (unpaired) electrons. The summed E-state index contributed by atoms with van der Waals surface area (Å²) in [6.45, 7) is 1.24. The smallest absolute Gasteiger partial charge is 0.257 e. The quantitative estimate of drug-likeness (QED) is 0.622. The van der Waals surface area contributed by atoms with Crippen molar-refractivity contribution in [2.45, 2.75) is 43.3 Å². The van der Waals surface area contributed by atoms with Crippen LogP contribution in [0.1, 0.15) is 36.6 Å². The number of carbonyl (C=O) groups excluding carboxylic acids is 1. The Kier molecular flexibility index (Phi) is 4.83. The number of methoxy groups -OCH3 is 1. The van der Waals surface area contributed by atoms with Gasteiger partial charge in [0, 0.05) is 38.0 Å². The van der Waals surface area contributed by atoms with Crippen LogP contribution in [0.25, 0.3) is 0 Å². The summed E-state index contributed by atoms with van der Waals surface area (Å²) < 4.78 is 6.69. The molecule has 1 aliphatic heterocycles. The van der Waals surface area contributed by atoms with Crippen molar-refractivity contribution in [1.29, 1.82) is 0 Å². The van der Waals surface area contributed by atoms with Crippen LogP contribution < -0.4 is 10.9 Å². The van der Waals surface area contributed by atoms with Crippen molar-refractivity contribution in [3.8, 4) is 0 Å². The van der Waals surface area contributed by atoms with Crippen LogP contribution in [0.3, 0.4) is 0 Å². The first-order chi connectivity index (χ1) is 10.7. The number of hydrogen-bond acceptors (Lipinski definition) is 5. The van der Waals surface area contributed by atoms with Crippen molar-refractivity contribution < 1.29 is 9.53 Å². The van der Waals surface area contributed by atoms with Gasteiger partial charge < -0.3 is 10.1 Å². The highest BCUT2D eigenvalue weighted by Crippen LogP contribution is 2.33. The van der Waals surface area contributed by atoms with Crippen LogP contribution >= 0.6 is 11.8 Å². The summed E-state index contributed by atoms with van der Waals surface area (Å²) >= 11 is 1.58. The molecular formula is C15H21N3O3S. The van der Waals surface area contributed by atoms with E-state index in [-0.39, 0.29) is 17.5 Å². The molecule has 7 heteroatoms. The van der Waals surface area contributed by atoms with Crippen molar-refractivity contribution in [1.82, 2.24) is 14.9 Å². The number of aromatic nitrogens is 2. The molecule has 0 spiro atoms. The second-order valence-corrected chi connectivity index (χ2v) is 6.70. The summed E-state index contributed by atoms with van der Waals surface area (Å²) in [7, 11) is 1.65. The zero-order valence-corrected chi connectivity index (χ0v) is 13.6. The molecule has 1 aliphatic carbocycles. The van der Waals surface area contributed by atoms with Crippen LogP contribution in [-0.4, -0.2) is 41.5 Å². The Bertz CT molecular complexity index is 629. The van der Waals surface area contributed by atoms with E-state index in [2.05, 4.69) is 10.3 Å². The lowest BCUT2D eigenvalue weighted by molar-refractivity contribution is -0.121. The average molecular weight is 323 g/mol. The van der Waals surface area contributed by atoms with Gasteiger partial charge in [0.25, 0.3) is 5.56 Å². The summed E-state index contributed by atoms with van der Waals surface area (Å²) in [5, 5.41) is 3.66. The number of thioether (sulfide) groups is 1. The van der Waals surface area contributed by atoms with Crippen LogP contribution in [0.15, 0.2) is 9.95 Å². The van der Waals surface area contributed by atoms with Crippen molar-refractivity contribution in [3.05, 3.63) is 21.6 Å². The van der Waals surface area contributed by atoms with Crippen molar-refractivity contribution in [2.75, 3.05) is 26.0 Å². The topological polar surface area (TPSA) is 73.2 Å². The first-order valence-electron chi connectivity index (χ1n) is 7.73. The fourth-order valence-electron chi connectivity index (χ4n) is 3.03. The SMILES string of the molecule is COCCCNC(=O)CC1CSc2nc3c(c(=O)n21)CCC3. The fourth-order valence-corrected chi connectivity index (χ4v) is 4.19. The number of nitrogens with zero attached hydrogens (tertiary/aromatic N) is 2. The van der Waals surface area contributed by atoms with Gasteiger partial charge in [0.05, 0.1) is 11.7 Å². The molecule has 1 amide bonds. The molecule has 1 aromatic rings. The number of amides is 1. The number of hydrogen-bond donors (Lipinski definition) is 1. The summed E-state index contributed by atoms with van der Waals surface area (Å²) in [6.07, 6.45) is 3.88. The molecule has 0 bridgehead atoms. The van der Waals surface area contributed by atoms with Crippen LogP contribution in [0, 0.1) is 0 Å². The monoisotopic (exact) mass is 323 g/mol. The number of aryl methyl sites for hydroxylation is 1. The van der Waals surface area contributed by atoms with E-state index >= 15 is 0 Å². The van der Waals surface area contributed by atoms with E-state index in [9.17, 15) is 9.59 Å². The van der Waals surface area contributed by atoms with E-state index in [0.29, 0.717) is 19.6 Å². The van der Waals surface area contributed by atoms with Crippen LogP contribution in [0.2, 0.25) is 0 Å². The molecule has 2 heterocycles. The molecule has 0 saturated heterocycles. The Balaban J connectivity index is 1.67. The Labute approximate surface area is 133 Å². The fraction of sp³-hybridized carbons (Fsp3) is 0.667. The van der Waals surface area contributed by atoms with Crippen molar-refractivity contribution in [2.24, 2.45) is 0 Å². The highest BCUT2D eigenvalue weighted by Gasteiger charge is 2.30. The molecule has 120 valence electrons. The van der Waals surface area contributed by atoms with Gasteiger partial charge in [-0.2, -0.15) is 0 Å². The van der Waals surface area contributed by atoms with E-state index in [1.165, 1.54) is 0 Å². The molecule has 6 nitrogen and oxygen atoms in total. The molecule has 3 rings (SSSR count). The summed E-state index contributed by atoms with van der Waals surface area (Å²) in [5.41, 5.74) is 1.89. The zero-order chi connectivity index (χ0) is 15.5. The summed E-state index contributed by atoms with van der Waals surface area (Å²) in [6, 6.07) is -0.0756. The molecule has 22 heavy (non-hydrogen) atoms. The molecule has 0 aromatic carbocycles. The van der Waals surface area contributed by atoms with Crippen LogP contribution in [0.4, 0.5) is 0 Å². The Morgan fingerprint density at radius 2 is 2.36 bits per heavy atom. The predicted molar refractivity (Wildman–Crippen MR) is 84.4 cm³/mol. The molecular weight excluding hydrogens is 302 g/mol. The second kappa shape index (κ2) is 6.83. The minimum absolute atomic E-state index is 0.0121. The maximum atomic E-state index is 12.6. The standard InChI is InChI=1S/C15H21N3O3S/c1-21-7-3-6-16-13(19)8-10-9-22-15-17-12-5-2-4-11(12)14(20)18(10)15/h10H,2-9H2,1H3,(H,16,19). The maximum absolute atomic E-state index is 12.6. The lowest BCUT2D eigenvalue weighted by Crippen LogP contribution is -2.32. The van der Waals surface area contributed by atoms with Gasteiger partial charge in [-0.15, -0.1) is 0 Å². The van der Waals surface area contributed by atoms with E-state index < -0.39 is 0 Å². The lowest BCUT2D eigenvalue weighted by Gasteiger charge is -2.14. The molecule has 2 aliphatic rings. The van der Waals surface area contributed by atoms with Gasteiger partial charge in [0.15, 0.2) is 5.16 Å². The van der Waals surface area contributed by atoms with Gasteiger partial charge in [0.2, 0.25) is 5.91 Å². The van der Waals surface area contributed by atoms with Gasteiger partial charge >= 0.3 is 0 Å². The largest absolute Gasteiger partial charge is 0.385 e. The molecule has 1 unspecified atom stereocenters. The number of rotatable bonds is 6. The van der Waals surface area contributed by atoms with Gasteiger partial charge in [-0.25, -0.2) is 4.98 Å².